The van der Waals surface area contributed by atoms with Gasteiger partial charge < -0.3 is 4.74 Å². The summed E-state index contributed by atoms with van der Waals surface area (Å²) in [6.45, 7) is 2.05. The first-order valence-corrected chi connectivity index (χ1v) is 9.36. The Kier molecular flexibility index (Phi) is 5.00. The van der Waals surface area contributed by atoms with Crippen molar-refractivity contribution in [2.75, 3.05) is 0 Å². The van der Waals surface area contributed by atoms with E-state index in [-0.39, 0.29) is 17.5 Å². The van der Waals surface area contributed by atoms with Gasteiger partial charge in [0.25, 0.3) is 0 Å². The van der Waals surface area contributed by atoms with Crippen LogP contribution < -0.4 is 4.74 Å². The van der Waals surface area contributed by atoms with E-state index in [9.17, 15) is 22.0 Å². The molecule has 0 spiro atoms. The molecule has 0 amide bonds. The molecule has 1 aliphatic rings. The Bertz CT molecular complexity index is 1130. The topological polar surface area (TPSA) is 9.23 Å². The SMILES string of the molecule is CCCc1ccc2c(c1)Cc1c-2cc(F)c(-c2ccc(OC(F)(F)F)c(F)c2)c1F. The van der Waals surface area contributed by atoms with Crippen molar-refractivity contribution in [2.24, 2.45) is 0 Å². The van der Waals surface area contributed by atoms with Gasteiger partial charge in [-0.3, -0.25) is 0 Å². The van der Waals surface area contributed by atoms with Crippen molar-refractivity contribution in [1.29, 1.82) is 0 Å². The first-order valence-electron chi connectivity index (χ1n) is 9.36. The van der Waals surface area contributed by atoms with Gasteiger partial charge >= 0.3 is 6.36 Å². The van der Waals surface area contributed by atoms with Crippen molar-refractivity contribution in [3.63, 3.8) is 0 Å². The quantitative estimate of drug-likeness (QED) is 0.316. The number of hydrogen-bond acceptors (Lipinski definition) is 1. The minimum absolute atomic E-state index is 0.206. The third kappa shape index (κ3) is 3.64. The first kappa shape index (κ1) is 20.3. The highest BCUT2D eigenvalue weighted by Gasteiger charge is 2.33. The van der Waals surface area contributed by atoms with Gasteiger partial charge in [0.2, 0.25) is 0 Å². The van der Waals surface area contributed by atoms with E-state index in [0.717, 1.165) is 35.6 Å². The smallest absolute Gasteiger partial charge is 0.403 e. The minimum atomic E-state index is -5.07. The van der Waals surface area contributed by atoms with Crippen molar-refractivity contribution < 1.29 is 31.1 Å². The van der Waals surface area contributed by atoms with Gasteiger partial charge in [-0.05, 0) is 52.4 Å². The fourth-order valence-electron chi connectivity index (χ4n) is 3.89. The number of fused-ring (bicyclic) bond motifs is 3. The fourth-order valence-corrected chi connectivity index (χ4v) is 3.89. The van der Waals surface area contributed by atoms with Crippen LogP contribution in [-0.4, -0.2) is 6.36 Å². The first-order chi connectivity index (χ1) is 14.2. The number of alkyl halides is 3. The van der Waals surface area contributed by atoms with Crippen molar-refractivity contribution in [3.05, 3.63) is 76.6 Å². The molecule has 0 unspecified atom stereocenters. The standard InChI is InChI=1S/C23H16F6O/c1-2-3-12-4-6-15-14(8-12)9-17-16(15)11-19(25)21(22(17)26)13-5-7-20(18(24)10-13)30-23(27,28)29/h4-8,10-11H,2-3,9H2,1H3. The zero-order valence-electron chi connectivity index (χ0n) is 15.8. The normalized spacial score (nSPS) is 12.6. The molecule has 4 rings (SSSR count). The number of ether oxygens (including phenoxy) is 1. The Balaban J connectivity index is 1.75. The second-order valence-electron chi connectivity index (χ2n) is 7.18. The van der Waals surface area contributed by atoms with Crippen LogP contribution in [0.4, 0.5) is 26.3 Å². The van der Waals surface area contributed by atoms with E-state index in [1.165, 1.54) is 6.07 Å². The van der Waals surface area contributed by atoms with E-state index in [2.05, 4.69) is 4.74 Å². The highest BCUT2D eigenvalue weighted by Crippen LogP contribution is 2.43. The molecule has 30 heavy (non-hydrogen) atoms. The van der Waals surface area contributed by atoms with Crippen molar-refractivity contribution in [2.45, 2.75) is 32.5 Å². The van der Waals surface area contributed by atoms with Crippen molar-refractivity contribution in [1.82, 2.24) is 0 Å². The average Bonchev–Trinajstić information content (AvgIpc) is 3.01. The van der Waals surface area contributed by atoms with E-state index in [1.807, 2.05) is 25.1 Å². The number of hydrogen-bond donors (Lipinski definition) is 0. The van der Waals surface area contributed by atoms with Crippen molar-refractivity contribution in [3.8, 4) is 28.0 Å². The Morgan fingerprint density at radius 1 is 0.900 bits per heavy atom. The summed E-state index contributed by atoms with van der Waals surface area (Å²) < 4.78 is 84.7. The van der Waals surface area contributed by atoms with Crippen LogP contribution in [0.5, 0.6) is 5.75 Å². The average molecular weight is 422 g/mol. The highest BCUT2D eigenvalue weighted by atomic mass is 19.4. The molecule has 0 saturated heterocycles. The van der Waals surface area contributed by atoms with Gasteiger partial charge in [0.05, 0.1) is 5.56 Å². The summed E-state index contributed by atoms with van der Waals surface area (Å²) in [5, 5.41) is 0. The third-order valence-corrected chi connectivity index (χ3v) is 5.13. The number of benzene rings is 3. The lowest BCUT2D eigenvalue weighted by Crippen LogP contribution is -2.17. The monoisotopic (exact) mass is 422 g/mol. The minimum Gasteiger partial charge on any atom is -0.403 e. The second-order valence-corrected chi connectivity index (χ2v) is 7.18. The Morgan fingerprint density at radius 2 is 1.67 bits per heavy atom. The van der Waals surface area contributed by atoms with Crippen LogP contribution >= 0.6 is 0 Å². The predicted molar refractivity (Wildman–Crippen MR) is 101 cm³/mol. The summed E-state index contributed by atoms with van der Waals surface area (Å²) in [4.78, 5) is 0. The van der Waals surface area contributed by atoms with E-state index >= 15 is 4.39 Å². The van der Waals surface area contributed by atoms with E-state index < -0.39 is 35.1 Å². The number of halogens is 6. The molecular weight excluding hydrogens is 406 g/mol. The molecule has 7 heteroatoms. The summed E-state index contributed by atoms with van der Waals surface area (Å²) in [5.74, 6) is -4.19. The molecule has 0 aliphatic heterocycles. The molecule has 0 fully saturated rings. The molecule has 0 aromatic heterocycles. The van der Waals surface area contributed by atoms with Crippen LogP contribution in [0.3, 0.4) is 0 Å². The highest BCUT2D eigenvalue weighted by molar-refractivity contribution is 5.81. The van der Waals surface area contributed by atoms with E-state index in [0.29, 0.717) is 17.7 Å². The summed E-state index contributed by atoms with van der Waals surface area (Å²) in [7, 11) is 0. The van der Waals surface area contributed by atoms with Crippen LogP contribution in [0, 0.1) is 17.5 Å². The molecule has 0 N–H and O–H groups in total. The van der Waals surface area contributed by atoms with Gasteiger partial charge in [0.15, 0.2) is 11.6 Å². The Hall–Kier alpha value is -2.96. The van der Waals surface area contributed by atoms with E-state index in [1.54, 1.807) is 0 Å². The predicted octanol–water partition coefficient (Wildman–Crippen LogP) is 7.19. The van der Waals surface area contributed by atoms with Gasteiger partial charge in [-0.25, -0.2) is 13.2 Å². The lowest BCUT2D eigenvalue weighted by molar-refractivity contribution is -0.275. The molecular formula is C23H16F6O. The molecule has 3 aromatic carbocycles. The van der Waals surface area contributed by atoms with E-state index in [4.69, 9.17) is 0 Å². The molecule has 0 saturated carbocycles. The maximum absolute atomic E-state index is 15.3. The summed E-state index contributed by atoms with van der Waals surface area (Å²) >= 11 is 0. The van der Waals surface area contributed by atoms with Gasteiger partial charge in [0.1, 0.15) is 11.6 Å². The van der Waals surface area contributed by atoms with Crippen LogP contribution in [0.1, 0.15) is 30.0 Å². The van der Waals surface area contributed by atoms with Crippen molar-refractivity contribution >= 4 is 0 Å². The molecule has 1 nitrogen and oxygen atoms in total. The summed E-state index contributed by atoms with van der Waals surface area (Å²) in [5.41, 5.74) is 2.76. The van der Waals surface area contributed by atoms with Crippen LogP contribution in [0.2, 0.25) is 0 Å². The Labute approximate surface area is 168 Å². The third-order valence-electron chi connectivity index (χ3n) is 5.13. The molecule has 0 atom stereocenters. The molecule has 0 bridgehead atoms. The largest absolute Gasteiger partial charge is 0.573 e. The maximum atomic E-state index is 15.3. The molecule has 0 radical (unpaired) electrons. The second kappa shape index (κ2) is 7.38. The molecule has 3 aromatic rings. The number of aryl methyl sites for hydroxylation is 1. The lowest BCUT2D eigenvalue weighted by atomic mass is 9.97. The van der Waals surface area contributed by atoms with Gasteiger partial charge in [-0.15, -0.1) is 13.2 Å². The zero-order valence-corrected chi connectivity index (χ0v) is 15.8. The summed E-state index contributed by atoms with van der Waals surface area (Å²) in [6.07, 6.45) is -2.98. The number of rotatable bonds is 4. The molecule has 156 valence electrons. The maximum Gasteiger partial charge on any atom is 0.573 e. The van der Waals surface area contributed by atoms with Gasteiger partial charge in [-0.2, -0.15) is 0 Å². The van der Waals surface area contributed by atoms with Crippen LogP contribution in [0.15, 0.2) is 42.5 Å². The zero-order chi connectivity index (χ0) is 21.6. The van der Waals surface area contributed by atoms with Crippen LogP contribution in [-0.2, 0) is 12.8 Å². The van der Waals surface area contributed by atoms with Gasteiger partial charge in [-0.1, -0.05) is 37.6 Å². The lowest BCUT2D eigenvalue weighted by Gasteiger charge is -2.13. The fraction of sp³-hybridized carbons (Fsp3) is 0.217. The summed E-state index contributed by atoms with van der Waals surface area (Å²) in [6, 6.07) is 9.27. The van der Waals surface area contributed by atoms with Gasteiger partial charge in [0, 0.05) is 12.0 Å². The van der Waals surface area contributed by atoms with Crippen LogP contribution in [0.25, 0.3) is 22.3 Å². The Morgan fingerprint density at radius 3 is 2.33 bits per heavy atom. The molecule has 1 aliphatic carbocycles. The molecule has 0 heterocycles.